The van der Waals surface area contributed by atoms with Gasteiger partial charge in [0.2, 0.25) is 10.0 Å². The van der Waals surface area contributed by atoms with E-state index in [1.54, 1.807) is 19.1 Å². The Bertz CT molecular complexity index is 911. The molecule has 0 saturated heterocycles. The maximum Gasteiger partial charge on any atom is 0.416 e. The molecule has 0 atom stereocenters. The van der Waals surface area contributed by atoms with E-state index in [0.717, 1.165) is 30.5 Å². The fourth-order valence-electron chi connectivity index (χ4n) is 2.41. The molecular formula is C18H19F3N2O4S. The van der Waals surface area contributed by atoms with Crippen molar-refractivity contribution in [1.29, 1.82) is 0 Å². The average molecular weight is 416 g/mol. The third kappa shape index (κ3) is 5.88. The summed E-state index contributed by atoms with van der Waals surface area (Å²) in [5.41, 5.74) is -0.132. The minimum absolute atomic E-state index is 0.212. The number of halogens is 3. The lowest BCUT2D eigenvalue weighted by molar-refractivity contribution is -0.137. The fourth-order valence-corrected chi connectivity index (χ4v) is 3.38. The molecule has 0 aliphatic rings. The fraction of sp³-hybridized carbons (Fsp3) is 0.278. The number of nitrogens with zero attached hydrogens (tertiary/aromatic N) is 1. The molecular weight excluding hydrogens is 397 g/mol. The molecule has 28 heavy (non-hydrogen) atoms. The zero-order valence-corrected chi connectivity index (χ0v) is 16.0. The number of carbonyl (C=O) groups is 1. The second-order valence-electron chi connectivity index (χ2n) is 5.83. The van der Waals surface area contributed by atoms with E-state index >= 15 is 0 Å². The first-order valence-electron chi connectivity index (χ1n) is 8.18. The summed E-state index contributed by atoms with van der Waals surface area (Å²) >= 11 is 0. The third-order valence-corrected chi connectivity index (χ3v) is 4.95. The molecule has 152 valence electrons. The normalized spacial score (nSPS) is 11.8. The summed E-state index contributed by atoms with van der Waals surface area (Å²) in [5.74, 6) is -0.203. The minimum atomic E-state index is -4.44. The summed E-state index contributed by atoms with van der Waals surface area (Å²) in [6.07, 6.45) is -3.34. The van der Waals surface area contributed by atoms with Gasteiger partial charge in [-0.25, -0.2) is 8.42 Å². The van der Waals surface area contributed by atoms with Crippen molar-refractivity contribution in [2.75, 3.05) is 29.0 Å². The number of ether oxygens (including phenoxy) is 1. The molecule has 2 aromatic carbocycles. The first-order valence-corrected chi connectivity index (χ1v) is 10.0. The molecule has 0 fully saturated rings. The molecule has 10 heteroatoms. The second-order valence-corrected chi connectivity index (χ2v) is 7.74. The van der Waals surface area contributed by atoms with Gasteiger partial charge in [0, 0.05) is 12.2 Å². The van der Waals surface area contributed by atoms with Gasteiger partial charge in [-0.2, -0.15) is 13.2 Å². The van der Waals surface area contributed by atoms with Crippen LogP contribution in [0.1, 0.15) is 12.5 Å². The number of hydrogen-bond donors (Lipinski definition) is 1. The topological polar surface area (TPSA) is 75.7 Å². The summed E-state index contributed by atoms with van der Waals surface area (Å²) in [6, 6.07) is 10.2. The molecule has 0 aliphatic carbocycles. The highest BCUT2D eigenvalue weighted by atomic mass is 32.2. The molecule has 0 aliphatic heterocycles. The second kappa shape index (κ2) is 8.51. The number of anilines is 2. The Labute approximate surface area is 161 Å². The first kappa shape index (κ1) is 21.5. The van der Waals surface area contributed by atoms with Crippen molar-refractivity contribution < 1.29 is 31.1 Å². The lowest BCUT2D eigenvalue weighted by Crippen LogP contribution is -2.29. The van der Waals surface area contributed by atoms with E-state index in [2.05, 4.69) is 5.32 Å². The van der Waals surface area contributed by atoms with Gasteiger partial charge in [0.15, 0.2) is 6.61 Å². The van der Waals surface area contributed by atoms with E-state index in [0.29, 0.717) is 11.4 Å². The SMILES string of the molecule is CCN(c1ccc(OCC(=O)Nc2ccc(C(F)(F)F)cc2)cc1)S(C)(=O)=O. The molecule has 0 unspecified atom stereocenters. The third-order valence-electron chi connectivity index (χ3n) is 3.68. The number of sulfonamides is 1. The summed E-state index contributed by atoms with van der Waals surface area (Å²) < 4.78 is 67.5. The van der Waals surface area contributed by atoms with Gasteiger partial charge in [0.05, 0.1) is 17.5 Å². The summed E-state index contributed by atoms with van der Waals surface area (Å²) in [5, 5.41) is 2.43. The molecule has 0 radical (unpaired) electrons. The Balaban J connectivity index is 1.92. The standard InChI is InChI=1S/C18H19F3N2O4S/c1-3-23(28(2,25)26)15-8-10-16(11-9-15)27-12-17(24)22-14-6-4-13(5-7-14)18(19,20)21/h4-11H,3,12H2,1-2H3,(H,22,24). The molecule has 0 saturated carbocycles. The van der Waals surface area contributed by atoms with E-state index in [-0.39, 0.29) is 18.8 Å². The van der Waals surface area contributed by atoms with Crippen LogP contribution in [0.4, 0.5) is 24.5 Å². The number of nitrogens with one attached hydrogen (secondary N) is 1. The highest BCUT2D eigenvalue weighted by Crippen LogP contribution is 2.29. The number of benzene rings is 2. The molecule has 1 N–H and O–H groups in total. The van der Waals surface area contributed by atoms with Crippen LogP contribution in [0.25, 0.3) is 0 Å². The van der Waals surface area contributed by atoms with Gasteiger partial charge in [-0.3, -0.25) is 9.10 Å². The van der Waals surface area contributed by atoms with E-state index < -0.39 is 27.7 Å². The zero-order chi connectivity index (χ0) is 20.9. The van der Waals surface area contributed by atoms with Gasteiger partial charge in [-0.15, -0.1) is 0 Å². The predicted molar refractivity (Wildman–Crippen MR) is 99.9 cm³/mol. The number of alkyl halides is 3. The highest BCUT2D eigenvalue weighted by Gasteiger charge is 2.30. The smallest absolute Gasteiger partial charge is 0.416 e. The Hall–Kier alpha value is -2.75. The molecule has 1 amide bonds. The van der Waals surface area contributed by atoms with Crippen molar-refractivity contribution in [2.45, 2.75) is 13.1 Å². The largest absolute Gasteiger partial charge is 0.484 e. The molecule has 0 bridgehead atoms. The van der Waals surface area contributed by atoms with E-state index in [9.17, 15) is 26.4 Å². The van der Waals surface area contributed by atoms with Crippen LogP contribution >= 0.6 is 0 Å². The van der Waals surface area contributed by atoms with Gasteiger partial charge in [-0.1, -0.05) is 0 Å². The van der Waals surface area contributed by atoms with Crippen LogP contribution in [-0.2, 0) is 21.0 Å². The molecule has 0 heterocycles. The number of hydrogen-bond acceptors (Lipinski definition) is 4. The van der Waals surface area contributed by atoms with Crippen molar-refractivity contribution in [1.82, 2.24) is 0 Å². The zero-order valence-electron chi connectivity index (χ0n) is 15.2. The molecule has 0 aromatic heterocycles. The monoisotopic (exact) mass is 416 g/mol. The number of rotatable bonds is 7. The summed E-state index contributed by atoms with van der Waals surface area (Å²) in [7, 11) is -3.40. The van der Waals surface area contributed by atoms with Crippen LogP contribution < -0.4 is 14.4 Å². The van der Waals surface area contributed by atoms with Crippen LogP contribution in [0.5, 0.6) is 5.75 Å². The van der Waals surface area contributed by atoms with E-state index in [4.69, 9.17) is 4.74 Å². The van der Waals surface area contributed by atoms with Gasteiger partial charge in [0.1, 0.15) is 5.75 Å². The van der Waals surface area contributed by atoms with Gasteiger partial charge in [-0.05, 0) is 55.5 Å². The molecule has 2 aromatic rings. The van der Waals surface area contributed by atoms with Crippen molar-refractivity contribution in [2.24, 2.45) is 0 Å². The predicted octanol–water partition coefficient (Wildman–Crippen LogP) is 3.51. The number of amides is 1. The van der Waals surface area contributed by atoms with E-state index in [1.807, 2.05) is 0 Å². The van der Waals surface area contributed by atoms with Crippen molar-refractivity contribution >= 4 is 27.3 Å². The van der Waals surface area contributed by atoms with Crippen LogP contribution in [0.2, 0.25) is 0 Å². The Morgan fingerprint density at radius 2 is 1.64 bits per heavy atom. The highest BCUT2D eigenvalue weighted by molar-refractivity contribution is 7.92. The van der Waals surface area contributed by atoms with Gasteiger partial charge >= 0.3 is 6.18 Å². The van der Waals surface area contributed by atoms with Gasteiger partial charge < -0.3 is 10.1 Å². The lowest BCUT2D eigenvalue weighted by atomic mass is 10.2. The van der Waals surface area contributed by atoms with Crippen molar-refractivity contribution in [3.63, 3.8) is 0 Å². The minimum Gasteiger partial charge on any atom is -0.484 e. The maximum atomic E-state index is 12.5. The van der Waals surface area contributed by atoms with Crippen LogP contribution in [-0.4, -0.2) is 33.7 Å². The maximum absolute atomic E-state index is 12.5. The van der Waals surface area contributed by atoms with Crippen LogP contribution in [0, 0.1) is 0 Å². The summed E-state index contributed by atoms with van der Waals surface area (Å²) in [6.45, 7) is 1.62. The Morgan fingerprint density at radius 3 is 2.11 bits per heavy atom. The molecule has 0 spiro atoms. The summed E-state index contributed by atoms with van der Waals surface area (Å²) in [4.78, 5) is 11.9. The number of carbonyl (C=O) groups excluding carboxylic acids is 1. The van der Waals surface area contributed by atoms with Crippen molar-refractivity contribution in [3.8, 4) is 5.75 Å². The van der Waals surface area contributed by atoms with Gasteiger partial charge in [0.25, 0.3) is 5.91 Å². The van der Waals surface area contributed by atoms with Crippen molar-refractivity contribution in [3.05, 3.63) is 54.1 Å². The van der Waals surface area contributed by atoms with Crippen LogP contribution in [0.15, 0.2) is 48.5 Å². The average Bonchev–Trinajstić information content (AvgIpc) is 2.60. The Kier molecular flexibility index (Phi) is 6.55. The van der Waals surface area contributed by atoms with E-state index in [1.165, 1.54) is 16.4 Å². The molecule has 2 rings (SSSR count). The first-order chi connectivity index (χ1) is 13.0. The van der Waals surface area contributed by atoms with Crippen LogP contribution in [0.3, 0.4) is 0 Å². The quantitative estimate of drug-likeness (QED) is 0.750. The Morgan fingerprint density at radius 1 is 1.07 bits per heavy atom. The molecule has 6 nitrogen and oxygen atoms in total. The lowest BCUT2D eigenvalue weighted by Gasteiger charge is -2.20.